The molecule has 20 heavy (non-hydrogen) atoms. The number of aromatic nitrogens is 2. The first-order chi connectivity index (χ1) is 9.40. The van der Waals surface area contributed by atoms with Crippen LogP contribution < -0.4 is 21.5 Å². The van der Waals surface area contributed by atoms with Crippen LogP contribution >= 0.6 is 0 Å². The number of aryl methyl sites for hydroxylation is 1. The normalized spacial score (nSPS) is 10.1. The summed E-state index contributed by atoms with van der Waals surface area (Å²) in [6, 6.07) is 10.3. The number of rotatable bonds is 7. The maximum absolute atomic E-state index is 4.37. The van der Waals surface area contributed by atoms with E-state index in [0.29, 0.717) is 0 Å². The van der Waals surface area contributed by atoms with Crippen molar-refractivity contribution >= 4 is 0 Å². The van der Waals surface area contributed by atoms with Gasteiger partial charge in [0.05, 0.1) is 5.69 Å². The molecule has 108 valence electrons. The standard InChI is InChI=1S/C17H23N2.BrH/c1-2-3-4-5-8-13-19-14-10-16(11-15-19)17-9-6-7-12-18-17;/h6-7,9-12,14-15H,2-5,8,13H2,1H3;1H/q+1;/p-1. The van der Waals surface area contributed by atoms with E-state index in [1.807, 2.05) is 24.4 Å². The summed E-state index contributed by atoms with van der Waals surface area (Å²) in [5, 5.41) is 0. The van der Waals surface area contributed by atoms with Gasteiger partial charge in [0.25, 0.3) is 0 Å². The first-order valence-electron chi connectivity index (χ1n) is 7.30. The maximum atomic E-state index is 4.37. The third kappa shape index (κ3) is 5.41. The molecule has 0 spiro atoms. The Bertz CT molecular complexity index is 468. The Morgan fingerprint density at radius 3 is 2.35 bits per heavy atom. The molecular formula is C17H23BrN2. The lowest BCUT2D eigenvalue weighted by Crippen LogP contribution is -3.00. The highest BCUT2D eigenvalue weighted by atomic mass is 79.9. The Hall–Kier alpha value is -1.22. The van der Waals surface area contributed by atoms with Gasteiger partial charge in [-0.1, -0.05) is 32.3 Å². The average Bonchev–Trinajstić information content (AvgIpc) is 2.49. The Kier molecular flexibility index (Phi) is 8.12. The van der Waals surface area contributed by atoms with Gasteiger partial charge in [0, 0.05) is 30.3 Å². The molecule has 0 N–H and O–H groups in total. The van der Waals surface area contributed by atoms with Crippen molar-refractivity contribution in [2.24, 2.45) is 0 Å². The van der Waals surface area contributed by atoms with Crippen molar-refractivity contribution in [3.8, 4) is 11.3 Å². The zero-order valence-electron chi connectivity index (χ0n) is 12.1. The Balaban J connectivity index is 0.00000200. The van der Waals surface area contributed by atoms with Gasteiger partial charge in [0.1, 0.15) is 6.54 Å². The van der Waals surface area contributed by atoms with E-state index in [9.17, 15) is 0 Å². The minimum atomic E-state index is 0. The number of hydrogen-bond donors (Lipinski definition) is 0. The zero-order valence-corrected chi connectivity index (χ0v) is 13.7. The summed E-state index contributed by atoms with van der Waals surface area (Å²) >= 11 is 0. The van der Waals surface area contributed by atoms with Gasteiger partial charge in [-0.15, -0.1) is 0 Å². The summed E-state index contributed by atoms with van der Waals surface area (Å²) in [7, 11) is 0. The highest BCUT2D eigenvalue weighted by Gasteiger charge is 2.03. The molecule has 0 aliphatic carbocycles. The lowest BCUT2D eigenvalue weighted by Gasteiger charge is -2.00. The number of hydrogen-bond acceptors (Lipinski definition) is 1. The van der Waals surface area contributed by atoms with E-state index < -0.39 is 0 Å². The van der Waals surface area contributed by atoms with Crippen LogP contribution in [0.2, 0.25) is 0 Å². The second-order valence-corrected chi connectivity index (χ2v) is 4.95. The first-order valence-corrected chi connectivity index (χ1v) is 7.30. The third-order valence-corrected chi connectivity index (χ3v) is 3.37. The van der Waals surface area contributed by atoms with Crippen LogP contribution in [0.3, 0.4) is 0 Å². The molecule has 2 aromatic heterocycles. The van der Waals surface area contributed by atoms with E-state index in [-0.39, 0.29) is 17.0 Å². The lowest BCUT2D eigenvalue weighted by atomic mass is 10.1. The molecule has 0 bridgehead atoms. The molecular weight excluding hydrogens is 312 g/mol. The van der Waals surface area contributed by atoms with Crippen molar-refractivity contribution in [2.45, 2.75) is 45.6 Å². The predicted octanol–water partition coefficient (Wildman–Crippen LogP) is 1.01. The van der Waals surface area contributed by atoms with Crippen LogP contribution in [0.4, 0.5) is 0 Å². The first kappa shape index (κ1) is 16.8. The van der Waals surface area contributed by atoms with Crippen LogP contribution in [0.25, 0.3) is 11.3 Å². The van der Waals surface area contributed by atoms with Gasteiger partial charge in [-0.05, 0) is 18.6 Å². The van der Waals surface area contributed by atoms with E-state index in [0.717, 1.165) is 12.2 Å². The molecule has 0 fully saturated rings. The molecule has 2 heterocycles. The summed E-state index contributed by atoms with van der Waals surface area (Å²) in [4.78, 5) is 4.37. The van der Waals surface area contributed by atoms with Gasteiger partial charge in [-0.3, -0.25) is 4.98 Å². The number of nitrogens with zero attached hydrogens (tertiary/aromatic N) is 2. The quantitative estimate of drug-likeness (QED) is 0.545. The summed E-state index contributed by atoms with van der Waals surface area (Å²) in [6.45, 7) is 3.37. The molecule has 0 aromatic carbocycles. The van der Waals surface area contributed by atoms with Crippen LogP contribution in [0.15, 0.2) is 48.9 Å². The van der Waals surface area contributed by atoms with Crippen LogP contribution in [0.5, 0.6) is 0 Å². The van der Waals surface area contributed by atoms with Crippen molar-refractivity contribution in [3.63, 3.8) is 0 Å². The smallest absolute Gasteiger partial charge is 0.169 e. The summed E-state index contributed by atoms with van der Waals surface area (Å²) in [5.41, 5.74) is 2.22. The van der Waals surface area contributed by atoms with Gasteiger partial charge in [-0.25, -0.2) is 4.57 Å². The maximum Gasteiger partial charge on any atom is 0.169 e. The van der Waals surface area contributed by atoms with Gasteiger partial charge in [0.2, 0.25) is 0 Å². The zero-order chi connectivity index (χ0) is 13.3. The van der Waals surface area contributed by atoms with Crippen molar-refractivity contribution < 1.29 is 21.5 Å². The highest BCUT2D eigenvalue weighted by Crippen LogP contribution is 2.13. The molecule has 0 atom stereocenters. The molecule has 2 aromatic rings. The predicted molar refractivity (Wildman–Crippen MR) is 78.6 cm³/mol. The average molecular weight is 335 g/mol. The van der Waals surface area contributed by atoms with E-state index in [1.54, 1.807) is 0 Å². The van der Waals surface area contributed by atoms with Gasteiger partial charge in [-0.2, -0.15) is 0 Å². The molecule has 0 amide bonds. The van der Waals surface area contributed by atoms with Crippen molar-refractivity contribution in [2.75, 3.05) is 0 Å². The second-order valence-electron chi connectivity index (χ2n) is 4.95. The fraction of sp³-hybridized carbons (Fsp3) is 0.412. The monoisotopic (exact) mass is 334 g/mol. The van der Waals surface area contributed by atoms with Crippen LogP contribution in [-0.2, 0) is 6.54 Å². The third-order valence-electron chi connectivity index (χ3n) is 3.37. The van der Waals surface area contributed by atoms with Gasteiger partial charge < -0.3 is 17.0 Å². The van der Waals surface area contributed by atoms with Crippen LogP contribution in [-0.4, -0.2) is 4.98 Å². The van der Waals surface area contributed by atoms with E-state index in [4.69, 9.17) is 0 Å². The molecule has 0 aliphatic rings. The van der Waals surface area contributed by atoms with E-state index in [1.165, 1.54) is 37.7 Å². The molecule has 0 unspecified atom stereocenters. The molecule has 0 saturated carbocycles. The number of pyridine rings is 2. The summed E-state index contributed by atoms with van der Waals surface area (Å²) < 4.78 is 2.26. The Morgan fingerprint density at radius 1 is 0.950 bits per heavy atom. The van der Waals surface area contributed by atoms with Crippen molar-refractivity contribution in [3.05, 3.63) is 48.9 Å². The topological polar surface area (TPSA) is 16.8 Å². The SMILES string of the molecule is CCCCCCC[n+]1ccc(-c2ccccn2)cc1.[Br-]. The van der Waals surface area contributed by atoms with E-state index in [2.05, 4.69) is 41.0 Å². The molecule has 0 aliphatic heterocycles. The fourth-order valence-corrected chi connectivity index (χ4v) is 2.21. The lowest BCUT2D eigenvalue weighted by molar-refractivity contribution is -0.697. The molecule has 2 rings (SSSR count). The Morgan fingerprint density at radius 2 is 1.70 bits per heavy atom. The number of halogens is 1. The summed E-state index contributed by atoms with van der Waals surface area (Å²) in [6.07, 6.45) is 12.8. The van der Waals surface area contributed by atoms with Gasteiger partial charge >= 0.3 is 0 Å². The number of unbranched alkanes of at least 4 members (excludes halogenated alkanes) is 4. The minimum absolute atomic E-state index is 0. The minimum Gasteiger partial charge on any atom is -1.00 e. The molecule has 0 saturated heterocycles. The molecule has 3 heteroatoms. The Labute approximate surface area is 132 Å². The van der Waals surface area contributed by atoms with Crippen LogP contribution in [0.1, 0.15) is 39.0 Å². The highest BCUT2D eigenvalue weighted by molar-refractivity contribution is 5.56. The fourth-order valence-electron chi connectivity index (χ4n) is 2.21. The van der Waals surface area contributed by atoms with Crippen molar-refractivity contribution in [1.29, 1.82) is 0 Å². The summed E-state index contributed by atoms with van der Waals surface area (Å²) in [5.74, 6) is 0. The van der Waals surface area contributed by atoms with Crippen molar-refractivity contribution in [1.82, 2.24) is 4.98 Å². The van der Waals surface area contributed by atoms with Crippen LogP contribution in [0, 0.1) is 0 Å². The largest absolute Gasteiger partial charge is 1.00 e. The molecule has 2 nitrogen and oxygen atoms in total. The molecule has 0 radical (unpaired) electrons. The van der Waals surface area contributed by atoms with E-state index >= 15 is 0 Å². The second kappa shape index (κ2) is 9.65. The van der Waals surface area contributed by atoms with Gasteiger partial charge in [0.15, 0.2) is 12.4 Å².